The molecule has 1 aromatic carbocycles. The average Bonchev–Trinajstić information content (AvgIpc) is 3.13. The normalized spacial score (nSPS) is 16.2. The van der Waals surface area contributed by atoms with Gasteiger partial charge in [-0.3, -0.25) is 15.0 Å². The van der Waals surface area contributed by atoms with Crippen LogP contribution in [0, 0.1) is 0 Å². The van der Waals surface area contributed by atoms with Crippen LogP contribution in [0.25, 0.3) is 6.08 Å². The molecule has 0 radical (unpaired) electrons. The van der Waals surface area contributed by atoms with Crippen LogP contribution in [0.5, 0.6) is 0 Å². The third-order valence-electron chi connectivity index (χ3n) is 3.05. The quantitative estimate of drug-likeness (QED) is 0.683. The van der Waals surface area contributed by atoms with Crippen LogP contribution < -0.4 is 5.43 Å². The number of hydrogen-bond donors (Lipinski definition) is 1. The summed E-state index contributed by atoms with van der Waals surface area (Å²) in [7, 11) is 0. The first-order valence-electron chi connectivity index (χ1n) is 6.78. The first-order chi connectivity index (χ1) is 11.1. The van der Waals surface area contributed by atoms with Gasteiger partial charge in [0.15, 0.2) is 4.32 Å². The lowest BCUT2D eigenvalue weighted by molar-refractivity contribution is -0.132. The van der Waals surface area contributed by atoms with Crippen LogP contribution in [-0.4, -0.2) is 21.1 Å². The molecule has 0 saturated carbocycles. The van der Waals surface area contributed by atoms with Gasteiger partial charge >= 0.3 is 0 Å². The third kappa shape index (κ3) is 3.69. The lowest BCUT2D eigenvalue weighted by atomic mass is 10.1. The van der Waals surface area contributed by atoms with Crippen LogP contribution in [0.1, 0.15) is 11.3 Å². The molecule has 2 heterocycles. The molecule has 1 aliphatic heterocycles. The van der Waals surface area contributed by atoms with E-state index in [1.165, 1.54) is 6.26 Å². The number of rotatable bonds is 4. The summed E-state index contributed by atoms with van der Waals surface area (Å²) in [6.45, 7) is 0. The zero-order chi connectivity index (χ0) is 16.2. The Morgan fingerprint density at radius 3 is 2.74 bits per heavy atom. The number of thiocarbonyl (C=S) groups is 1. The minimum Gasteiger partial charge on any atom is -0.465 e. The highest BCUT2D eigenvalue weighted by Crippen LogP contribution is 2.31. The predicted molar refractivity (Wildman–Crippen MR) is 92.0 cm³/mol. The van der Waals surface area contributed by atoms with E-state index in [-0.39, 0.29) is 22.6 Å². The van der Waals surface area contributed by atoms with Crippen LogP contribution >= 0.6 is 24.0 Å². The summed E-state index contributed by atoms with van der Waals surface area (Å²) < 4.78 is 5.47. The van der Waals surface area contributed by atoms with Crippen LogP contribution in [0.4, 0.5) is 0 Å². The number of carbonyl (C=O) groups excluding carboxylic acids is 2. The molecule has 0 aliphatic carbocycles. The number of hydrazine groups is 1. The van der Waals surface area contributed by atoms with Crippen molar-refractivity contribution in [3.8, 4) is 0 Å². The molecular weight excluding hydrogens is 332 g/mol. The van der Waals surface area contributed by atoms with Gasteiger partial charge in [-0.05, 0) is 29.9 Å². The molecule has 1 aromatic heterocycles. The van der Waals surface area contributed by atoms with Crippen molar-refractivity contribution in [3.63, 3.8) is 0 Å². The fourth-order valence-corrected chi connectivity index (χ4v) is 3.17. The molecule has 1 N–H and O–H groups in total. The van der Waals surface area contributed by atoms with E-state index >= 15 is 0 Å². The van der Waals surface area contributed by atoms with Crippen molar-refractivity contribution in [2.45, 2.75) is 6.42 Å². The molecule has 0 atom stereocenters. The molecule has 0 bridgehead atoms. The molecule has 1 saturated heterocycles. The fraction of sp³-hybridized carbons (Fsp3) is 0.0625. The smallest absolute Gasteiger partial charge is 0.285 e. The molecule has 7 heteroatoms. The van der Waals surface area contributed by atoms with Crippen LogP contribution in [0.2, 0.25) is 0 Å². The second-order valence-electron chi connectivity index (χ2n) is 4.73. The maximum Gasteiger partial charge on any atom is 0.285 e. The number of thioether (sulfide) groups is 1. The number of nitrogens with one attached hydrogen (secondary N) is 1. The first kappa shape index (κ1) is 15.5. The van der Waals surface area contributed by atoms with Crippen molar-refractivity contribution in [3.05, 3.63) is 65.0 Å². The number of carbonyl (C=O) groups is 2. The Morgan fingerprint density at radius 2 is 2.04 bits per heavy atom. The molecule has 1 fully saturated rings. The number of amides is 2. The summed E-state index contributed by atoms with van der Waals surface area (Å²) in [6, 6.07) is 12.8. The molecule has 1 aliphatic rings. The van der Waals surface area contributed by atoms with Gasteiger partial charge in [0.25, 0.3) is 5.91 Å². The van der Waals surface area contributed by atoms with Gasteiger partial charge < -0.3 is 4.42 Å². The predicted octanol–water partition coefficient (Wildman–Crippen LogP) is 2.75. The molecule has 5 nitrogen and oxygen atoms in total. The van der Waals surface area contributed by atoms with Crippen molar-refractivity contribution >= 4 is 46.2 Å². The van der Waals surface area contributed by atoms with Crippen LogP contribution in [0.15, 0.2) is 58.1 Å². The Hall–Kier alpha value is -2.38. The Labute approximate surface area is 142 Å². The maximum absolute atomic E-state index is 12.3. The van der Waals surface area contributed by atoms with Gasteiger partial charge in [-0.15, -0.1) is 0 Å². The first-order valence-corrected chi connectivity index (χ1v) is 8.01. The molecule has 2 amide bonds. The van der Waals surface area contributed by atoms with Crippen molar-refractivity contribution in [1.29, 1.82) is 0 Å². The monoisotopic (exact) mass is 344 g/mol. The number of benzene rings is 1. The standard InChI is InChI=1S/C16H12N2O3S2/c19-14(9-11-5-2-1-3-6-11)17-18-15(20)13(23-16(18)22)10-12-7-4-8-21-12/h1-8,10H,9H2,(H,17,19)/b13-10+. The van der Waals surface area contributed by atoms with E-state index in [9.17, 15) is 9.59 Å². The van der Waals surface area contributed by atoms with Gasteiger partial charge in [-0.1, -0.05) is 42.1 Å². The van der Waals surface area contributed by atoms with E-state index in [0.717, 1.165) is 22.3 Å². The van der Waals surface area contributed by atoms with Gasteiger partial charge in [0, 0.05) is 6.08 Å². The summed E-state index contributed by atoms with van der Waals surface area (Å²) in [6.07, 6.45) is 3.30. The van der Waals surface area contributed by atoms with Crippen molar-refractivity contribution in [2.75, 3.05) is 0 Å². The second kappa shape index (κ2) is 6.80. The largest absolute Gasteiger partial charge is 0.465 e. The summed E-state index contributed by atoms with van der Waals surface area (Å²) >= 11 is 6.28. The highest BCUT2D eigenvalue weighted by Gasteiger charge is 2.33. The Morgan fingerprint density at radius 1 is 1.26 bits per heavy atom. The number of hydrogen-bond acceptors (Lipinski definition) is 5. The van der Waals surface area contributed by atoms with Crippen LogP contribution in [-0.2, 0) is 16.0 Å². The zero-order valence-electron chi connectivity index (χ0n) is 11.9. The third-order valence-corrected chi connectivity index (χ3v) is 4.36. The van der Waals surface area contributed by atoms with Gasteiger partial charge in [0.1, 0.15) is 5.76 Å². The highest BCUT2D eigenvalue weighted by molar-refractivity contribution is 8.26. The van der Waals surface area contributed by atoms with Crippen LogP contribution in [0.3, 0.4) is 0 Å². The second-order valence-corrected chi connectivity index (χ2v) is 6.41. The SMILES string of the molecule is O=C(Cc1ccccc1)NN1C(=O)/C(=C\c2ccco2)SC1=S. The van der Waals surface area contributed by atoms with E-state index in [1.807, 2.05) is 30.3 Å². The lowest BCUT2D eigenvalue weighted by Gasteiger charge is -2.15. The highest BCUT2D eigenvalue weighted by atomic mass is 32.2. The minimum absolute atomic E-state index is 0.176. The maximum atomic E-state index is 12.3. The zero-order valence-corrected chi connectivity index (χ0v) is 13.5. The molecule has 0 unspecified atom stereocenters. The van der Waals surface area contributed by atoms with E-state index in [0.29, 0.717) is 10.7 Å². The summed E-state index contributed by atoms with van der Waals surface area (Å²) in [5.41, 5.74) is 3.41. The molecule has 3 rings (SSSR count). The summed E-state index contributed by atoms with van der Waals surface area (Å²) in [5.74, 6) is -0.106. The minimum atomic E-state index is -0.363. The topological polar surface area (TPSA) is 62.6 Å². The van der Waals surface area contributed by atoms with Gasteiger partial charge in [-0.2, -0.15) is 5.01 Å². The molecular formula is C16H12N2O3S2. The van der Waals surface area contributed by atoms with Crippen molar-refractivity contribution in [2.24, 2.45) is 0 Å². The fourth-order valence-electron chi connectivity index (χ4n) is 2.01. The Bertz CT molecular complexity index is 770. The Balaban J connectivity index is 1.67. The molecule has 23 heavy (non-hydrogen) atoms. The summed E-state index contributed by atoms with van der Waals surface area (Å²) in [4.78, 5) is 24.8. The number of nitrogens with zero attached hydrogens (tertiary/aromatic N) is 1. The lowest BCUT2D eigenvalue weighted by Crippen LogP contribution is -2.45. The van der Waals surface area contributed by atoms with E-state index in [2.05, 4.69) is 5.43 Å². The molecule has 0 spiro atoms. The molecule has 2 aromatic rings. The number of furan rings is 1. The van der Waals surface area contributed by atoms with Gasteiger partial charge in [-0.25, -0.2) is 0 Å². The Kier molecular flexibility index (Phi) is 4.59. The van der Waals surface area contributed by atoms with Crippen molar-refractivity contribution < 1.29 is 14.0 Å². The van der Waals surface area contributed by atoms with E-state index < -0.39 is 0 Å². The summed E-state index contributed by atoms with van der Waals surface area (Å²) in [5, 5.41) is 1.10. The van der Waals surface area contributed by atoms with E-state index in [1.54, 1.807) is 18.2 Å². The molecule has 116 valence electrons. The van der Waals surface area contributed by atoms with Gasteiger partial charge in [0.2, 0.25) is 5.91 Å². The van der Waals surface area contributed by atoms with Crippen molar-refractivity contribution in [1.82, 2.24) is 10.4 Å². The van der Waals surface area contributed by atoms with E-state index in [4.69, 9.17) is 16.6 Å². The van der Waals surface area contributed by atoms with Gasteiger partial charge in [0.05, 0.1) is 17.6 Å². The average molecular weight is 344 g/mol.